The molecule has 6 rings (SSSR count). The van der Waals surface area contributed by atoms with Crippen molar-refractivity contribution in [3.63, 3.8) is 0 Å². The summed E-state index contributed by atoms with van der Waals surface area (Å²) in [5.41, 5.74) is 2.04. The molecule has 0 saturated carbocycles. The number of hydrogen-bond acceptors (Lipinski definition) is 6. The zero-order chi connectivity index (χ0) is 25.9. The molecule has 37 heavy (non-hydrogen) atoms. The van der Waals surface area contributed by atoms with Gasteiger partial charge in [0.1, 0.15) is 4.90 Å². The Morgan fingerprint density at radius 2 is 1.70 bits per heavy atom. The number of aromatic nitrogens is 1. The predicted octanol–water partition coefficient (Wildman–Crippen LogP) is 4.87. The third-order valence-electron chi connectivity index (χ3n) is 6.46. The van der Waals surface area contributed by atoms with Crippen LogP contribution in [0.15, 0.2) is 65.7 Å². The SMILES string of the molecule is COc1ccc2cc3[n+](cc2c1OS(=O)(=O)c1ccc(C(F)(F)F)cc1)CCc1cc2c(cc1-3)OCO2. The molecule has 0 amide bonds. The summed E-state index contributed by atoms with van der Waals surface area (Å²) in [6.07, 6.45) is -2.08. The van der Waals surface area contributed by atoms with Crippen molar-refractivity contribution >= 4 is 20.9 Å². The molecule has 0 N–H and O–H groups in total. The topological polar surface area (TPSA) is 74.9 Å². The van der Waals surface area contributed by atoms with Crippen molar-refractivity contribution in [2.75, 3.05) is 13.9 Å². The molecule has 1 aromatic heterocycles. The summed E-state index contributed by atoms with van der Waals surface area (Å²) in [5.74, 6) is 1.49. The van der Waals surface area contributed by atoms with Gasteiger partial charge in [0.2, 0.25) is 12.5 Å². The summed E-state index contributed by atoms with van der Waals surface area (Å²) in [7, 11) is -3.09. The molecular weight excluding hydrogens is 511 g/mol. The van der Waals surface area contributed by atoms with Gasteiger partial charge in [0, 0.05) is 12.5 Å². The second-order valence-corrected chi connectivity index (χ2v) is 10.2. The standard InChI is InChI=1S/C26H19F3NO6S/c1-33-22-7-2-15-10-21-19-12-24-23(34-14-35-24)11-16(19)8-9-30(21)13-20(15)25(22)36-37(31,32)18-5-3-17(4-6-18)26(27,28)29/h2-7,10-13H,8-9,14H2,1H3/q+1. The molecule has 0 aliphatic carbocycles. The van der Waals surface area contributed by atoms with Crippen LogP contribution in [0.25, 0.3) is 22.0 Å². The minimum absolute atomic E-state index is 0.0494. The van der Waals surface area contributed by atoms with Crippen molar-refractivity contribution in [1.82, 2.24) is 0 Å². The molecule has 4 aromatic rings. The maximum Gasteiger partial charge on any atom is 0.416 e. The van der Waals surface area contributed by atoms with Gasteiger partial charge in [0.05, 0.1) is 23.6 Å². The van der Waals surface area contributed by atoms with Crippen LogP contribution in [0.5, 0.6) is 23.0 Å². The summed E-state index contributed by atoms with van der Waals surface area (Å²) in [6, 6.07) is 12.3. The molecule has 0 unspecified atom stereocenters. The molecule has 0 bridgehead atoms. The number of rotatable bonds is 4. The molecule has 2 aliphatic heterocycles. The number of hydrogen-bond donors (Lipinski definition) is 0. The number of alkyl halides is 3. The van der Waals surface area contributed by atoms with Crippen molar-refractivity contribution < 1.29 is 44.5 Å². The highest BCUT2D eigenvalue weighted by Crippen LogP contribution is 2.42. The van der Waals surface area contributed by atoms with Gasteiger partial charge in [-0.3, -0.25) is 0 Å². The van der Waals surface area contributed by atoms with Crippen LogP contribution in [-0.4, -0.2) is 22.3 Å². The summed E-state index contributed by atoms with van der Waals surface area (Å²) < 4.78 is 88.7. The molecule has 190 valence electrons. The largest absolute Gasteiger partial charge is 0.493 e. The Labute approximate surface area is 209 Å². The number of methoxy groups -OCH3 is 1. The number of halogens is 3. The van der Waals surface area contributed by atoms with Crippen molar-refractivity contribution in [1.29, 1.82) is 0 Å². The maximum atomic E-state index is 13.0. The van der Waals surface area contributed by atoms with Gasteiger partial charge in [-0.05, 0) is 59.5 Å². The molecule has 0 fully saturated rings. The second-order valence-electron chi connectivity index (χ2n) is 8.62. The number of nitrogens with zero attached hydrogens (tertiary/aromatic N) is 1. The minimum atomic E-state index is -4.59. The van der Waals surface area contributed by atoms with E-state index in [9.17, 15) is 21.6 Å². The van der Waals surface area contributed by atoms with Crippen LogP contribution in [0.2, 0.25) is 0 Å². The van der Waals surface area contributed by atoms with E-state index in [0.29, 0.717) is 40.9 Å². The lowest BCUT2D eigenvalue weighted by molar-refractivity contribution is -0.686. The normalized spacial score (nSPS) is 14.3. The van der Waals surface area contributed by atoms with Crippen molar-refractivity contribution in [2.24, 2.45) is 0 Å². The van der Waals surface area contributed by atoms with Crippen LogP contribution in [0.1, 0.15) is 11.1 Å². The maximum absolute atomic E-state index is 13.0. The Morgan fingerprint density at radius 1 is 0.973 bits per heavy atom. The third kappa shape index (κ3) is 3.99. The average Bonchev–Trinajstić information content (AvgIpc) is 3.33. The van der Waals surface area contributed by atoms with E-state index in [1.807, 2.05) is 22.8 Å². The van der Waals surface area contributed by atoms with Crippen molar-refractivity contribution in [2.45, 2.75) is 24.0 Å². The van der Waals surface area contributed by atoms with Gasteiger partial charge in [0.15, 0.2) is 35.7 Å². The number of pyridine rings is 1. The van der Waals surface area contributed by atoms with Crippen LogP contribution < -0.4 is 23.0 Å². The fourth-order valence-electron chi connectivity index (χ4n) is 4.61. The van der Waals surface area contributed by atoms with Gasteiger partial charge in [-0.2, -0.15) is 26.2 Å². The van der Waals surface area contributed by atoms with E-state index in [4.69, 9.17) is 18.4 Å². The Morgan fingerprint density at radius 3 is 2.41 bits per heavy atom. The monoisotopic (exact) mass is 530 g/mol. The van der Waals surface area contributed by atoms with E-state index in [0.717, 1.165) is 35.4 Å². The van der Waals surface area contributed by atoms with E-state index in [-0.39, 0.29) is 18.3 Å². The van der Waals surface area contributed by atoms with E-state index < -0.39 is 26.8 Å². The Balaban J connectivity index is 1.44. The fraction of sp³-hybridized carbons (Fsp3) is 0.192. The van der Waals surface area contributed by atoms with E-state index in [1.165, 1.54) is 7.11 Å². The Kier molecular flexibility index (Phi) is 5.23. The van der Waals surface area contributed by atoms with Crippen molar-refractivity contribution in [3.05, 3.63) is 71.9 Å². The number of benzene rings is 3. The number of aryl methyl sites for hydroxylation is 2. The van der Waals surface area contributed by atoms with Crippen LogP contribution in [0.4, 0.5) is 13.2 Å². The van der Waals surface area contributed by atoms with Crippen molar-refractivity contribution in [3.8, 4) is 34.3 Å². The highest BCUT2D eigenvalue weighted by Gasteiger charge is 2.32. The Hall–Kier alpha value is -3.99. The van der Waals surface area contributed by atoms with Crippen LogP contribution in [-0.2, 0) is 29.3 Å². The third-order valence-corrected chi connectivity index (χ3v) is 7.70. The second kappa shape index (κ2) is 8.27. The molecule has 2 aliphatic rings. The lowest BCUT2D eigenvalue weighted by atomic mass is 9.95. The summed E-state index contributed by atoms with van der Waals surface area (Å²) in [4.78, 5) is -0.407. The first-order valence-corrected chi connectivity index (χ1v) is 12.6. The number of fused-ring (bicyclic) bond motifs is 5. The Bertz CT molecular complexity index is 1670. The summed E-state index contributed by atoms with van der Waals surface area (Å²) in [5, 5.41) is 1.16. The lowest BCUT2D eigenvalue weighted by Gasteiger charge is -2.18. The first kappa shape index (κ1) is 23.4. The smallest absolute Gasteiger partial charge is 0.416 e. The molecule has 3 heterocycles. The highest BCUT2D eigenvalue weighted by molar-refractivity contribution is 7.87. The van der Waals surface area contributed by atoms with Crippen LogP contribution in [0, 0.1) is 0 Å². The van der Waals surface area contributed by atoms with Gasteiger partial charge >= 0.3 is 16.3 Å². The first-order chi connectivity index (χ1) is 17.6. The first-order valence-electron chi connectivity index (χ1n) is 11.2. The predicted molar refractivity (Wildman–Crippen MR) is 125 cm³/mol. The molecule has 0 saturated heterocycles. The van der Waals surface area contributed by atoms with Gasteiger partial charge in [-0.25, -0.2) is 0 Å². The average molecular weight is 531 g/mol. The molecule has 3 aromatic carbocycles. The van der Waals surface area contributed by atoms with E-state index in [2.05, 4.69) is 0 Å². The zero-order valence-corrected chi connectivity index (χ0v) is 20.2. The number of ether oxygens (including phenoxy) is 3. The van der Waals surface area contributed by atoms with Crippen LogP contribution in [0.3, 0.4) is 0 Å². The zero-order valence-electron chi connectivity index (χ0n) is 19.3. The van der Waals surface area contributed by atoms with E-state index in [1.54, 1.807) is 18.3 Å². The lowest BCUT2D eigenvalue weighted by Crippen LogP contribution is -2.40. The van der Waals surface area contributed by atoms with Gasteiger partial charge in [0.25, 0.3) is 0 Å². The quantitative estimate of drug-likeness (QED) is 0.277. The molecule has 7 nitrogen and oxygen atoms in total. The van der Waals surface area contributed by atoms with E-state index >= 15 is 0 Å². The molecular formula is C26H19F3NO6S+. The molecule has 11 heteroatoms. The van der Waals surface area contributed by atoms with Crippen LogP contribution >= 0.6 is 0 Å². The van der Waals surface area contributed by atoms with Gasteiger partial charge in [-0.1, -0.05) is 0 Å². The summed E-state index contributed by atoms with van der Waals surface area (Å²) in [6.45, 7) is 0.796. The molecule has 0 spiro atoms. The molecule has 0 radical (unpaired) electrons. The molecule has 0 atom stereocenters. The highest BCUT2D eigenvalue weighted by atomic mass is 32.2. The van der Waals surface area contributed by atoms with Gasteiger partial charge in [-0.15, -0.1) is 0 Å². The van der Waals surface area contributed by atoms with Gasteiger partial charge < -0.3 is 18.4 Å². The summed E-state index contributed by atoms with van der Waals surface area (Å²) >= 11 is 0. The fourth-order valence-corrected chi connectivity index (χ4v) is 5.57. The minimum Gasteiger partial charge on any atom is -0.493 e.